The van der Waals surface area contributed by atoms with E-state index in [4.69, 9.17) is 16.9 Å². The summed E-state index contributed by atoms with van der Waals surface area (Å²) in [6.07, 6.45) is 6.21. The van der Waals surface area contributed by atoms with Crippen molar-refractivity contribution in [2.45, 2.75) is 30.1 Å². The zero-order chi connectivity index (χ0) is 26.1. The number of hydrogen-bond acceptors (Lipinski definition) is 7. The zero-order valence-corrected chi connectivity index (χ0v) is 19.8. The quantitative estimate of drug-likeness (QED) is 0.409. The highest BCUT2D eigenvalue weighted by Crippen LogP contribution is 2.66. The summed E-state index contributed by atoms with van der Waals surface area (Å²) in [5, 5.41) is 2.26. The molecule has 0 bridgehead atoms. The van der Waals surface area contributed by atoms with Gasteiger partial charge in [0, 0.05) is 11.5 Å². The summed E-state index contributed by atoms with van der Waals surface area (Å²) >= 11 is 0.984. The van der Waals surface area contributed by atoms with Crippen molar-refractivity contribution in [3.05, 3.63) is 53.2 Å². The van der Waals surface area contributed by atoms with Gasteiger partial charge < -0.3 is 15.8 Å². The summed E-state index contributed by atoms with van der Waals surface area (Å²) < 4.78 is 59.1. The van der Waals surface area contributed by atoms with Gasteiger partial charge in [-0.05, 0) is 37.1 Å². The van der Waals surface area contributed by atoms with E-state index in [2.05, 4.69) is 26.2 Å². The Morgan fingerprint density at radius 3 is 2.86 bits per heavy atom. The number of ether oxygens (including phenoxy) is 1. The Morgan fingerprint density at radius 2 is 2.19 bits per heavy atom. The molecule has 1 aromatic heterocycles. The number of fused-ring (bicyclic) bond motifs is 1. The third-order valence-electron chi connectivity index (χ3n) is 6.02. The molecule has 0 spiro atoms. The molecule has 1 saturated carbocycles. The average Bonchev–Trinajstić information content (AvgIpc) is 3.59. The molecule has 2 heterocycles. The molecular weight excluding hydrogens is 498 g/mol. The molecule has 4 rings (SSSR count). The number of benzene rings is 1. The van der Waals surface area contributed by atoms with Crippen molar-refractivity contribution in [3.63, 3.8) is 0 Å². The summed E-state index contributed by atoms with van der Waals surface area (Å²) in [6, 6.07) is 3.95. The Labute approximate surface area is 208 Å². The first-order valence-corrected chi connectivity index (χ1v) is 11.6. The summed E-state index contributed by atoms with van der Waals surface area (Å²) in [6.45, 7) is 0.815. The minimum atomic E-state index is -2.71. The maximum absolute atomic E-state index is 15.0. The number of carbonyl (C=O) groups is 1. The van der Waals surface area contributed by atoms with Crippen LogP contribution < -0.4 is 15.8 Å². The fraction of sp³-hybridized carbons (Fsp3) is 0.333. The number of carbonyl (C=O) groups excluding carboxylic acids is 1. The van der Waals surface area contributed by atoms with Gasteiger partial charge in [0.1, 0.15) is 16.3 Å². The molecule has 1 aliphatic carbocycles. The van der Waals surface area contributed by atoms with E-state index >= 15 is 4.39 Å². The maximum Gasteiger partial charge on any atom is 0.255 e. The lowest BCUT2D eigenvalue weighted by molar-refractivity contribution is -0.122. The largest absolute Gasteiger partial charge is 0.463 e. The molecule has 1 amide bonds. The minimum absolute atomic E-state index is 0.00880. The van der Waals surface area contributed by atoms with Crippen LogP contribution in [0.3, 0.4) is 0 Å². The van der Waals surface area contributed by atoms with E-state index in [0.717, 1.165) is 23.9 Å². The summed E-state index contributed by atoms with van der Waals surface area (Å²) in [7, 11) is 0. The number of nitrogens with two attached hydrogens (primary N) is 1. The molecule has 1 aromatic carbocycles. The van der Waals surface area contributed by atoms with Gasteiger partial charge in [-0.25, -0.2) is 27.5 Å². The lowest BCUT2D eigenvalue weighted by Crippen LogP contribution is -2.45. The standard InChI is InChI=1S/C24H21F4N5O2S/c1-3-6-35-20-12-30-17(10-31-20)16(26)8-13-4-5-15(25)14(7-13)23(2)18-9-24(18,36-22(29)33-23)21(34)32-11-19(27)28/h1,4-5,7-8,10,12,18-19H,6,9,11H2,2H3,(H2,29,33)(H,32,34)/b16-8-/t18-,23+,24-/m0/s1. The molecule has 3 atom stereocenters. The summed E-state index contributed by atoms with van der Waals surface area (Å²) in [5.41, 5.74) is 5.05. The molecule has 36 heavy (non-hydrogen) atoms. The Kier molecular flexibility index (Phi) is 6.95. The number of rotatable bonds is 8. The normalized spacial score (nSPS) is 25.0. The second-order valence-corrected chi connectivity index (χ2v) is 9.76. The molecule has 2 aliphatic rings. The van der Waals surface area contributed by atoms with Crippen molar-refractivity contribution < 1.29 is 27.1 Å². The van der Waals surface area contributed by atoms with Crippen LogP contribution in [0.4, 0.5) is 17.6 Å². The van der Waals surface area contributed by atoms with E-state index in [1.807, 2.05) is 0 Å². The lowest BCUT2D eigenvalue weighted by atomic mass is 9.84. The number of terminal acetylenes is 1. The van der Waals surface area contributed by atoms with Gasteiger partial charge in [0.25, 0.3) is 6.43 Å². The minimum Gasteiger partial charge on any atom is -0.463 e. The molecule has 0 radical (unpaired) electrons. The van der Waals surface area contributed by atoms with Crippen molar-refractivity contribution in [1.82, 2.24) is 15.3 Å². The number of nitrogens with one attached hydrogen (secondary N) is 1. The molecule has 0 unspecified atom stereocenters. The number of amidine groups is 1. The first-order valence-electron chi connectivity index (χ1n) is 10.8. The predicted octanol–water partition coefficient (Wildman–Crippen LogP) is 3.51. The van der Waals surface area contributed by atoms with Gasteiger partial charge in [0.2, 0.25) is 11.8 Å². The molecule has 0 saturated heterocycles. The van der Waals surface area contributed by atoms with Crippen LogP contribution in [0, 0.1) is 24.1 Å². The van der Waals surface area contributed by atoms with Gasteiger partial charge in [-0.15, -0.1) is 6.42 Å². The number of amides is 1. The van der Waals surface area contributed by atoms with Gasteiger partial charge in [0.05, 0.1) is 24.5 Å². The molecule has 2 aromatic rings. The fourth-order valence-electron chi connectivity index (χ4n) is 4.26. The van der Waals surface area contributed by atoms with E-state index in [9.17, 15) is 18.0 Å². The van der Waals surface area contributed by atoms with E-state index in [0.29, 0.717) is 5.56 Å². The number of nitrogens with zero attached hydrogens (tertiary/aromatic N) is 3. The third-order valence-corrected chi connectivity index (χ3v) is 7.33. The van der Waals surface area contributed by atoms with Crippen molar-refractivity contribution in [2.24, 2.45) is 16.6 Å². The first kappa shape index (κ1) is 25.5. The molecule has 3 N–H and O–H groups in total. The topological polar surface area (TPSA) is 102 Å². The highest BCUT2D eigenvalue weighted by Gasteiger charge is 2.70. The Morgan fingerprint density at radius 1 is 1.42 bits per heavy atom. The van der Waals surface area contributed by atoms with Crippen LogP contribution in [0.2, 0.25) is 0 Å². The molecular formula is C24H21F4N5O2S. The first-order chi connectivity index (χ1) is 17.1. The van der Waals surface area contributed by atoms with Crippen LogP contribution in [0.1, 0.15) is 30.2 Å². The molecule has 188 valence electrons. The lowest BCUT2D eigenvalue weighted by Gasteiger charge is -2.33. The van der Waals surface area contributed by atoms with Crippen LogP contribution in [-0.4, -0.2) is 45.4 Å². The molecule has 12 heteroatoms. The Hall–Kier alpha value is -3.59. The van der Waals surface area contributed by atoms with Gasteiger partial charge in [0.15, 0.2) is 17.6 Å². The molecule has 1 fully saturated rings. The highest BCUT2D eigenvalue weighted by molar-refractivity contribution is 8.15. The van der Waals surface area contributed by atoms with Crippen LogP contribution in [0.15, 0.2) is 35.6 Å². The molecule has 7 nitrogen and oxygen atoms in total. The van der Waals surface area contributed by atoms with Crippen LogP contribution in [0.5, 0.6) is 5.88 Å². The van der Waals surface area contributed by atoms with Gasteiger partial charge >= 0.3 is 0 Å². The third kappa shape index (κ3) is 4.88. The average molecular weight is 520 g/mol. The summed E-state index contributed by atoms with van der Waals surface area (Å²) in [4.78, 5) is 25.0. The predicted molar refractivity (Wildman–Crippen MR) is 128 cm³/mol. The molecule has 1 aliphatic heterocycles. The van der Waals surface area contributed by atoms with Crippen LogP contribution in [0.25, 0.3) is 11.9 Å². The van der Waals surface area contributed by atoms with Crippen molar-refractivity contribution in [1.29, 1.82) is 0 Å². The number of aliphatic imine (C=N–C) groups is 1. The Bertz CT molecular complexity index is 1280. The highest BCUT2D eigenvalue weighted by atomic mass is 32.2. The van der Waals surface area contributed by atoms with Crippen LogP contribution in [-0.2, 0) is 10.3 Å². The van der Waals surface area contributed by atoms with E-state index in [-0.39, 0.29) is 35.3 Å². The van der Waals surface area contributed by atoms with Crippen molar-refractivity contribution in [3.8, 4) is 18.2 Å². The van der Waals surface area contributed by atoms with E-state index in [1.54, 1.807) is 6.92 Å². The number of halogens is 4. The van der Waals surface area contributed by atoms with Gasteiger partial charge in [-0.2, -0.15) is 0 Å². The zero-order valence-electron chi connectivity index (χ0n) is 19.0. The van der Waals surface area contributed by atoms with Gasteiger partial charge in [-0.1, -0.05) is 23.7 Å². The van der Waals surface area contributed by atoms with Crippen molar-refractivity contribution in [2.75, 3.05) is 13.2 Å². The van der Waals surface area contributed by atoms with Crippen LogP contribution >= 0.6 is 11.8 Å². The number of alkyl halides is 2. The number of thioether (sulfide) groups is 1. The second kappa shape index (κ2) is 9.81. The summed E-state index contributed by atoms with van der Waals surface area (Å²) in [5.74, 6) is -0.0418. The fourth-order valence-corrected chi connectivity index (χ4v) is 5.66. The smallest absolute Gasteiger partial charge is 0.255 e. The SMILES string of the molecule is C#CCOc1cnc(/C(F)=C/c2ccc(F)c([C@@]3(C)N=C(N)S[C@@]4(C(=O)NCC(F)F)C[C@H]43)c2)cn1. The van der Waals surface area contributed by atoms with Gasteiger partial charge in [-0.3, -0.25) is 9.79 Å². The maximum atomic E-state index is 15.0. The second-order valence-electron chi connectivity index (χ2n) is 8.41. The number of aromatic nitrogens is 2. The Balaban J connectivity index is 1.61. The van der Waals surface area contributed by atoms with Crippen molar-refractivity contribution >= 4 is 34.7 Å². The van der Waals surface area contributed by atoms with E-state index in [1.165, 1.54) is 24.5 Å². The van der Waals surface area contributed by atoms with E-state index < -0.39 is 46.7 Å². The number of hydrogen-bond donors (Lipinski definition) is 2. The monoisotopic (exact) mass is 519 g/mol.